The van der Waals surface area contributed by atoms with Gasteiger partial charge in [-0.05, 0) is 32.1 Å². The van der Waals surface area contributed by atoms with Gasteiger partial charge in [0.2, 0.25) is 5.91 Å². The van der Waals surface area contributed by atoms with Crippen LogP contribution in [0.2, 0.25) is 0 Å². The number of carbonyl (C=O) groups is 2. The van der Waals surface area contributed by atoms with Crippen molar-refractivity contribution in [3.8, 4) is 0 Å². The fourth-order valence-electron chi connectivity index (χ4n) is 1.94. The molecule has 1 aromatic carbocycles. The first kappa shape index (κ1) is 15.2. The molecule has 1 amide bonds. The van der Waals surface area contributed by atoms with E-state index in [1.807, 2.05) is 50.2 Å². The fourth-order valence-corrected chi connectivity index (χ4v) is 1.94. The zero-order valence-corrected chi connectivity index (χ0v) is 11.5. The Morgan fingerprint density at radius 2 is 1.95 bits per heavy atom. The van der Waals surface area contributed by atoms with Gasteiger partial charge in [0.1, 0.15) is 6.04 Å². The zero-order valence-electron chi connectivity index (χ0n) is 11.5. The molecular weight excluding hydrogens is 244 g/mol. The van der Waals surface area contributed by atoms with Gasteiger partial charge in [0.25, 0.3) is 0 Å². The Hall–Kier alpha value is -1.88. The number of likely N-dealkylation sites (N-methyl/N-ethyl adjacent to an activating group) is 1. The molecule has 0 saturated heterocycles. The molecule has 0 radical (unpaired) electrons. The average molecular weight is 264 g/mol. The third-order valence-corrected chi connectivity index (χ3v) is 2.89. The average Bonchev–Trinajstić information content (AvgIpc) is 2.31. The van der Waals surface area contributed by atoms with Gasteiger partial charge in [-0.1, -0.05) is 24.3 Å². The molecule has 2 N–H and O–H groups in total. The van der Waals surface area contributed by atoms with Crippen LogP contribution in [0.3, 0.4) is 0 Å². The van der Waals surface area contributed by atoms with E-state index < -0.39 is 12.0 Å². The van der Waals surface area contributed by atoms with Gasteiger partial charge < -0.3 is 10.4 Å². The van der Waals surface area contributed by atoms with E-state index in [1.165, 1.54) is 0 Å². The summed E-state index contributed by atoms with van der Waals surface area (Å²) in [6, 6.07) is 7.28. The Labute approximate surface area is 113 Å². The molecule has 1 aromatic rings. The van der Waals surface area contributed by atoms with Crippen LogP contribution in [0.1, 0.15) is 23.6 Å². The highest BCUT2D eigenvalue weighted by molar-refractivity contribution is 5.83. The van der Waals surface area contributed by atoms with Crippen LogP contribution in [0, 0.1) is 6.92 Å². The Bertz CT molecular complexity index is 458. The van der Waals surface area contributed by atoms with Gasteiger partial charge in [-0.2, -0.15) is 0 Å². The number of nitrogens with zero attached hydrogens (tertiary/aromatic N) is 1. The Balaban J connectivity index is 2.81. The van der Waals surface area contributed by atoms with Crippen LogP contribution in [0.5, 0.6) is 0 Å². The minimum atomic E-state index is -0.919. The van der Waals surface area contributed by atoms with E-state index in [9.17, 15) is 9.59 Å². The summed E-state index contributed by atoms with van der Waals surface area (Å²) >= 11 is 0. The van der Waals surface area contributed by atoms with Gasteiger partial charge in [-0.3, -0.25) is 14.5 Å². The number of rotatable bonds is 6. The van der Waals surface area contributed by atoms with Crippen LogP contribution in [0.4, 0.5) is 0 Å². The van der Waals surface area contributed by atoms with Crippen molar-refractivity contribution in [3.63, 3.8) is 0 Å². The lowest BCUT2D eigenvalue weighted by molar-refractivity contribution is -0.137. The van der Waals surface area contributed by atoms with Crippen molar-refractivity contribution in [2.45, 2.75) is 19.4 Å². The Kier molecular flexibility index (Phi) is 5.51. The molecular formula is C14H20N2O3. The Morgan fingerprint density at radius 3 is 2.47 bits per heavy atom. The molecule has 0 heterocycles. The predicted octanol–water partition coefficient (Wildman–Crippen LogP) is 1.19. The SMILES string of the molecule is Cc1ccccc1[C@H](C(=O)NCCC(=O)O)N(C)C. The topological polar surface area (TPSA) is 69.6 Å². The van der Waals surface area contributed by atoms with Crippen LogP contribution in [0.15, 0.2) is 24.3 Å². The monoisotopic (exact) mass is 264 g/mol. The number of aryl methyl sites for hydroxylation is 1. The number of hydrogen-bond acceptors (Lipinski definition) is 3. The lowest BCUT2D eigenvalue weighted by atomic mass is 10.00. The van der Waals surface area contributed by atoms with E-state index in [4.69, 9.17) is 5.11 Å². The number of carboxylic acid groups (broad SMARTS) is 1. The van der Waals surface area contributed by atoms with E-state index in [-0.39, 0.29) is 18.9 Å². The van der Waals surface area contributed by atoms with Gasteiger partial charge in [-0.15, -0.1) is 0 Å². The van der Waals surface area contributed by atoms with Crippen LogP contribution < -0.4 is 5.32 Å². The van der Waals surface area contributed by atoms with Gasteiger partial charge >= 0.3 is 5.97 Å². The second-order valence-corrected chi connectivity index (χ2v) is 4.66. The summed E-state index contributed by atoms with van der Waals surface area (Å²) in [4.78, 5) is 24.4. The molecule has 0 aromatic heterocycles. The first-order valence-corrected chi connectivity index (χ1v) is 6.15. The molecule has 0 bridgehead atoms. The number of nitrogens with one attached hydrogen (secondary N) is 1. The minimum Gasteiger partial charge on any atom is -0.481 e. The van der Waals surface area contributed by atoms with E-state index >= 15 is 0 Å². The maximum Gasteiger partial charge on any atom is 0.305 e. The zero-order chi connectivity index (χ0) is 14.4. The highest BCUT2D eigenvalue weighted by Gasteiger charge is 2.23. The molecule has 5 heteroatoms. The van der Waals surface area contributed by atoms with Crippen molar-refractivity contribution in [2.24, 2.45) is 0 Å². The van der Waals surface area contributed by atoms with Gasteiger partial charge in [0, 0.05) is 6.54 Å². The molecule has 0 spiro atoms. The van der Waals surface area contributed by atoms with Crippen LogP contribution >= 0.6 is 0 Å². The third kappa shape index (κ3) is 4.37. The second kappa shape index (κ2) is 6.89. The fraction of sp³-hybridized carbons (Fsp3) is 0.429. The van der Waals surface area contributed by atoms with Crippen molar-refractivity contribution in [3.05, 3.63) is 35.4 Å². The molecule has 1 atom stereocenters. The number of amides is 1. The van der Waals surface area contributed by atoms with Gasteiger partial charge in [-0.25, -0.2) is 0 Å². The molecule has 0 fully saturated rings. The van der Waals surface area contributed by atoms with Crippen molar-refractivity contribution >= 4 is 11.9 Å². The molecule has 19 heavy (non-hydrogen) atoms. The number of benzene rings is 1. The molecule has 0 unspecified atom stereocenters. The standard InChI is InChI=1S/C14H20N2O3/c1-10-6-4-5-7-11(10)13(16(2)3)14(19)15-9-8-12(17)18/h4-7,13H,8-9H2,1-3H3,(H,15,19)(H,17,18)/t13-/m1/s1. The lowest BCUT2D eigenvalue weighted by Gasteiger charge is -2.25. The molecule has 0 aliphatic carbocycles. The maximum absolute atomic E-state index is 12.2. The summed E-state index contributed by atoms with van der Waals surface area (Å²) in [5, 5.41) is 11.2. The van der Waals surface area contributed by atoms with Crippen LogP contribution in [-0.4, -0.2) is 42.5 Å². The van der Waals surface area contributed by atoms with Crippen molar-refractivity contribution in [2.75, 3.05) is 20.6 Å². The number of hydrogen-bond donors (Lipinski definition) is 2. The smallest absolute Gasteiger partial charge is 0.305 e. The lowest BCUT2D eigenvalue weighted by Crippen LogP contribution is -2.38. The minimum absolute atomic E-state index is 0.0698. The first-order valence-electron chi connectivity index (χ1n) is 6.15. The van der Waals surface area contributed by atoms with Crippen molar-refractivity contribution in [1.82, 2.24) is 10.2 Å². The number of aliphatic carboxylic acids is 1. The maximum atomic E-state index is 12.2. The van der Waals surface area contributed by atoms with Crippen molar-refractivity contribution in [1.29, 1.82) is 0 Å². The number of carbonyl (C=O) groups excluding carboxylic acids is 1. The summed E-state index contributed by atoms with van der Waals surface area (Å²) in [5.74, 6) is -1.10. The quantitative estimate of drug-likeness (QED) is 0.809. The van der Waals surface area contributed by atoms with E-state index in [1.54, 1.807) is 0 Å². The molecule has 0 aliphatic rings. The molecule has 5 nitrogen and oxygen atoms in total. The highest BCUT2D eigenvalue weighted by Crippen LogP contribution is 2.21. The second-order valence-electron chi connectivity index (χ2n) is 4.66. The summed E-state index contributed by atoms with van der Waals surface area (Å²) in [6.07, 6.45) is -0.0698. The largest absolute Gasteiger partial charge is 0.481 e. The summed E-state index contributed by atoms with van der Waals surface area (Å²) < 4.78 is 0. The van der Waals surface area contributed by atoms with Crippen molar-refractivity contribution < 1.29 is 14.7 Å². The highest BCUT2D eigenvalue weighted by atomic mass is 16.4. The molecule has 0 aliphatic heterocycles. The number of carboxylic acids is 1. The van der Waals surface area contributed by atoms with E-state index in [0.29, 0.717) is 0 Å². The predicted molar refractivity (Wildman–Crippen MR) is 72.9 cm³/mol. The Morgan fingerprint density at radius 1 is 1.32 bits per heavy atom. The first-order chi connectivity index (χ1) is 8.93. The summed E-state index contributed by atoms with van der Waals surface area (Å²) in [6.45, 7) is 2.10. The van der Waals surface area contributed by atoms with Crippen LogP contribution in [-0.2, 0) is 9.59 Å². The van der Waals surface area contributed by atoms with E-state index in [2.05, 4.69) is 5.32 Å². The van der Waals surface area contributed by atoms with E-state index in [0.717, 1.165) is 11.1 Å². The molecule has 104 valence electrons. The third-order valence-electron chi connectivity index (χ3n) is 2.89. The van der Waals surface area contributed by atoms with Gasteiger partial charge in [0.15, 0.2) is 0 Å². The summed E-state index contributed by atoms with van der Waals surface area (Å²) in [7, 11) is 3.65. The van der Waals surface area contributed by atoms with Gasteiger partial charge in [0.05, 0.1) is 6.42 Å². The summed E-state index contributed by atoms with van der Waals surface area (Å²) in [5.41, 5.74) is 1.97. The normalized spacial score (nSPS) is 12.2. The molecule has 0 saturated carbocycles. The van der Waals surface area contributed by atoms with Crippen LogP contribution in [0.25, 0.3) is 0 Å². The molecule has 1 rings (SSSR count).